The maximum Gasteiger partial charge on any atom is 0.363 e. The molecule has 0 atom stereocenters. The number of ether oxygens (including phenoxy) is 2. The standard InChI is InChI=1S/C17H12ClNO3/c1-21-14-7-5-12(6-8-14)16-19-15(17(20)22-16)10-11-3-2-4-13(18)9-11/h2-10H,1H3/b15-10+. The zero-order valence-corrected chi connectivity index (χ0v) is 12.5. The minimum Gasteiger partial charge on any atom is -0.497 e. The molecule has 0 bridgehead atoms. The highest BCUT2D eigenvalue weighted by Crippen LogP contribution is 2.21. The average Bonchev–Trinajstić information content (AvgIpc) is 2.88. The van der Waals surface area contributed by atoms with Crippen LogP contribution in [0.5, 0.6) is 5.75 Å². The molecule has 0 amide bonds. The van der Waals surface area contributed by atoms with Crippen LogP contribution in [0.15, 0.2) is 59.2 Å². The minimum absolute atomic E-state index is 0.244. The minimum atomic E-state index is -0.481. The van der Waals surface area contributed by atoms with Crippen molar-refractivity contribution in [3.05, 3.63) is 70.4 Å². The van der Waals surface area contributed by atoms with Gasteiger partial charge in [0, 0.05) is 10.6 Å². The Morgan fingerprint density at radius 2 is 1.95 bits per heavy atom. The summed E-state index contributed by atoms with van der Waals surface area (Å²) in [6, 6.07) is 14.3. The first-order chi connectivity index (χ1) is 10.7. The van der Waals surface area contributed by atoms with Crippen molar-refractivity contribution in [2.75, 3.05) is 7.11 Å². The summed E-state index contributed by atoms with van der Waals surface area (Å²) in [6.45, 7) is 0. The molecule has 2 aromatic carbocycles. The topological polar surface area (TPSA) is 47.9 Å². The Morgan fingerprint density at radius 1 is 1.18 bits per heavy atom. The Hall–Kier alpha value is -2.59. The van der Waals surface area contributed by atoms with E-state index in [1.807, 2.05) is 12.1 Å². The molecule has 0 aliphatic carbocycles. The van der Waals surface area contributed by atoms with Crippen LogP contribution < -0.4 is 4.74 Å². The van der Waals surface area contributed by atoms with Crippen LogP contribution in [-0.2, 0) is 9.53 Å². The maximum atomic E-state index is 11.9. The molecule has 110 valence electrons. The first-order valence-electron chi connectivity index (χ1n) is 6.58. The number of halogens is 1. The summed E-state index contributed by atoms with van der Waals surface area (Å²) in [5.41, 5.74) is 1.75. The van der Waals surface area contributed by atoms with E-state index < -0.39 is 5.97 Å². The van der Waals surface area contributed by atoms with Gasteiger partial charge in [-0.25, -0.2) is 9.79 Å². The molecule has 0 saturated heterocycles. The van der Waals surface area contributed by atoms with E-state index in [0.29, 0.717) is 10.6 Å². The van der Waals surface area contributed by atoms with Crippen LogP contribution in [0.3, 0.4) is 0 Å². The maximum absolute atomic E-state index is 11.9. The molecule has 0 aromatic heterocycles. The largest absolute Gasteiger partial charge is 0.497 e. The Balaban J connectivity index is 1.90. The van der Waals surface area contributed by atoms with Crippen molar-refractivity contribution in [3.63, 3.8) is 0 Å². The van der Waals surface area contributed by atoms with Crippen LogP contribution in [0.25, 0.3) is 6.08 Å². The molecule has 0 N–H and O–H groups in total. The van der Waals surface area contributed by atoms with E-state index in [4.69, 9.17) is 21.1 Å². The summed E-state index contributed by atoms with van der Waals surface area (Å²) in [5.74, 6) is 0.523. The number of benzene rings is 2. The van der Waals surface area contributed by atoms with Gasteiger partial charge in [0.2, 0.25) is 5.90 Å². The monoisotopic (exact) mass is 313 g/mol. The summed E-state index contributed by atoms with van der Waals surface area (Å²) >= 11 is 5.93. The highest BCUT2D eigenvalue weighted by Gasteiger charge is 2.24. The number of carbonyl (C=O) groups excluding carboxylic acids is 1. The third-order valence-corrected chi connectivity index (χ3v) is 3.34. The number of esters is 1. The number of aliphatic imine (C=N–C) groups is 1. The lowest BCUT2D eigenvalue weighted by atomic mass is 10.2. The van der Waals surface area contributed by atoms with Gasteiger partial charge in [0.15, 0.2) is 5.70 Å². The molecule has 0 fully saturated rings. The quantitative estimate of drug-likeness (QED) is 0.641. The van der Waals surface area contributed by atoms with Gasteiger partial charge in [0.05, 0.1) is 7.11 Å². The van der Waals surface area contributed by atoms with E-state index in [1.54, 1.807) is 49.6 Å². The van der Waals surface area contributed by atoms with Crippen LogP contribution in [0.1, 0.15) is 11.1 Å². The van der Waals surface area contributed by atoms with Gasteiger partial charge in [-0.1, -0.05) is 23.7 Å². The SMILES string of the molecule is COc1ccc(C2=N/C(=C/c3cccc(Cl)c3)C(=O)O2)cc1. The van der Waals surface area contributed by atoms with Crippen molar-refractivity contribution in [3.8, 4) is 5.75 Å². The fourth-order valence-electron chi connectivity index (χ4n) is 2.02. The predicted octanol–water partition coefficient (Wildman–Crippen LogP) is 3.69. The molecule has 0 spiro atoms. The molecule has 2 aromatic rings. The number of hydrogen-bond donors (Lipinski definition) is 0. The first-order valence-corrected chi connectivity index (χ1v) is 6.96. The van der Waals surface area contributed by atoms with Gasteiger partial charge in [-0.05, 0) is 48.0 Å². The van der Waals surface area contributed by atoms with Crippen LogP contribution in [0.2, 0.25) is 5.02 Å². The average molecular weight is 314 g/mol. The second kappa shape index (κ2) is 6.03. The fraction of sp³-hybridized carbons (Fsp3) is 0.0588. The van der Waals surface area contributed by atoms with Crippen molar-refractivity contribution in [2.24, 2.45) is 4.99 Å². The summed E-state index contributed by atoms with van der Waals surface area (Å²) in [7, 11) is 1.59. The van der Waals surface area contributed by atoms with Crippen molar-refractivity contribution in [1.29, 1.82) is 0 Å². The molecule has 22 heavy (non-hydrogen) atoms. The number of cyclic esters (lactones) is 1. The van der Waals surface area contributed by atoms with Gasteiger partial charge < -0.3 is 9.47 Å². The Kier molecular flexibility index (Phi) is 3.94. The molecule has 1 aliphatic heterocycles. The molecule has 5 heteroatoms. The van der Waals surface area contributed by atoms with Gasteiger partial charge in [0.1, 0.15) is 5.75 Å². The number of nitrogens with zero attached hydrogens (tertiary/aromatic N) is 1. The summed E-state index contributed by atoms with van der Waals surface area (Å²) in [5, 5.41) is 0.597. The third kappa shape index (κ3) is 3.02. The zero-order chi connectivity index (χ0) is 15.5. The third-order valence-electron chi connectivity index (χ3n) is 3.11. The number of methoxy groups -OCH3 is 1. The van der Waals surface area contributed by atoms with Gasteiger partial charge >= 0.3 is 5.97 Å². The molecule has 0 unspecified atom stereocenters. The summed E-state index contributed by atoms with van der Waals surface area (Å²) in [4.78, 5) is 16.1. The van der Waals surface area contributed by atoms with Crippen molar-refractivity contribution < 1.29 is 14.3 Å². The van der Waals surface area contributed by atoms with E-state index >= 15 is 0 Å². The van der Waals surface area contributed by atoms with Gasteiger partial charge in [-0.3, -0.25) is 0 Å². The molecule has 1 aliphatic rings. The van der Waals surface area contributed by atoms with Crippen molar-refractivity contribution in [2.45, 2.75) is 0 Å². The van der Waals surface area contributed by atoms with Crippen LogP contribution in [-0.4, -0.2) is 19.0 Å². The highest BCUT2D eigenvalue weighted by molar-refractivity contribution is 6.30. The molecule has 4 nitrogen and oxygen atoms in total. The lowest BCUT2D eigenvalue weighted by Gasteiger charge is -2.01. The van der Waals surface area contributed by atoms with Crippen LogP contribution in [0, 0.1) is 0 Å². The summed E-state index contributed by atoms with van der Waals surface area (Å²) < 4.78 is 10.3. The zero-order valence-electron chi connectivity index (χ0n) is 11.7. The number of rotatable bonds is 3. The Morgan fingerprint density at radius 3 is 2.64 bits per heavy atom. The lowest BCUT2D eigenvalue weighted by molar-refractivity contribution is -0.129. The van der Waals surface area contributed by atoms with Gasteiger partial charge in [0.25, 0.3) is 0 Å². The van der Waals surface area contributed by atoms with Gasteiger partial charge in [-0.15, -0.1) is 0 Å². The molecular formula is C17H12ClNO3. The number of hydrogen-bond acceptors (Lipinski definition) is 4. The van der Waals surface area contributed by atoms with E-state index in [9.17, 15) is 4.79 Å². The van der Waals surface area contributed by atoms with Crippen molar-refractivity contribution in [1.82, 2.24) is 0 Å². The number of carbonyl (C=O) groups is 1. The van der Waals surface area contributed by atoms with Crippen LogP contribution >= 0.6 is 11.6 Å². The second-order valence-electron chi connectivity index (χ2n) is 4.62. The van der Waals surface area contributed by atoms with E-state index in [0.717, 1.165) is 11.3 Å². The molecule has 1 heterocycles. The van der Waals surface area contributed by atoms with E-state index in [-0.39, 0.29) is 11.6 Å². The second-order valence-corrected chi connectivity index (χ2v) is 5.06. The molecule has 3 rings (SSSR count). The molecule has 0 radical (unpaired) electrons. The fourth-order valence-corrected chi connectivity index (χ4v) is 2.22. The van der Waals surface area contributed by atoms with Gasteiger partial charge in [-0.2, -0.15) is 0 Å². The highest BCUT2D eigenvalue weighted by atomic mass is 35.5. The van der Waals surface area contributed by atoms with E-state index in [1.165, 1.54) is 0 Å². The molecule has 0 saturated carbocycles. The molecular weight excluding hydrogens is 302 g/mol. The lowest BCUT2D eigenvalue weighted by Crippen LogP contribution is -2.05. The smallest absolute Gasteiger partial charge is 0.363 e. The van der Waals surface area contributed by atoms with Crippen molar-refractivity contribution >= 4 is 29.5 Å². The predicted molar refractivity (Wildman–Crippen MR) is 85.1 cm³/mol. The normalized spacial score (nSPS) is 15.6. The first kappa shape index (κ1) is 14.4. The Bertz CT molecular complexity index is 779. The van der Waals surface area contributed by atoms with E-state index in [2.05, 4.69) is 4.99 Å². The Labute approximate surface area is 132 Å². The van der Waals surface area contributed by atoms with Crippen LogP contribution in [0.4, 0.5) is 0 Å². The summed E-state index contributed by atoms with van der Waals surface area (Å²) in [6.07, 6.45) is 1.64.